The molecule has 3 aromatic rings. The maximum absolute atomic E-state index is 10.00. The Hall–Kier alpha value is -3.49. The monoisotopic (exact) mass is 418 g/mol. The second-order valence-electron chi connectivity index (χ2n) is 6.65. The Balaban J connectivity index is 1.98. The van der Waals surface area contributed by atoms with Gasteiger partial charge in [0.1, 0.15) is 23.1 Å². The minimum Gasteiger partial charge on any atom is -0.497 e. The molecule has 0 bridgehead atoms. The van der Waals surface area contributed by atoms with Crippen molar-refractivity contribution in [3.8, 4) is 17.6 Å². The number of methoxy groups -OCH3 is 1. The van der Waals surface area contributed by atoms with Crippen LogP contribution in [0.3, 0.4) is 0 Å². The van der Waals surface area contributed by atoms with Crippen molar-refractivity contribution in [1.82, 2.24) is 0 Å². The van der Waals surface area contributed by atoms with E-state index in [9.17, 15) is 5.26 Å². The lowest BCUT2D eigenvalue weighted by Crippen LogP contribution is -2.16. The van der Waals surface area contributed by atoms with Crippen LogP contribution in [0.2, 0.25) is 5.02 Å². The van der Waals surface area contributed by atoms with Crippen LogP contribution in [0.15, 0.2) is 71.0 Å². The second kappa shape index (κ2) is 8.48. The molecule has 0 fully saturated rings. The number of ether oxygens (including phenoxy) is 3. The van der Waals surface area contributed by atoms with Gasteiger partial charge in [0.2, 0.25) is 5.88 Å². The highest BCUT2D eigenvalue weighted by Crippen LogP contribution is 2.48. The van der Waals surface area contributed by atoms with Crippen LogP contribution in [0, 0.1) is 11.3 Å². The molecule has 0 radical (unpaired) electrons. The van der Waals surface area contributed by atoms with Gasteiger partial charge in [-0.25, -0.2) is 0 Å². The van der Waals surface area contributed by atoms with Crippen LogP contribution in [-0.2, 0) is 4.74 Å². The molecule has 0 saturated heterocycles. The lowest BCUT2D eigenvalue weighted by molar-refractivity contribution is 0.336. The molecule has 6 heteroatoms. The Labute approximate surface area is 179 Å². The van der Waals surface area contributed by atoms with Crippen molar-refractivity contribution in [2.75, 3.05) is 13.7 Å². The minimum atomic E-state index is -0.388. The number of aliphatic imine (C=N–C) groups is 1. The maximum atomic E-state index is 10.00. The summed E-state index contributed by atoms with van der Waals surface area (Å²) in [6, 6.07) is 19.5. The Morgan fingerprint density at radius 1 is 1.17 bits per heavy atom. The zero-order valence-corrected chi connectivity index (χ0v) is 17.3. The smallest absolute Gasteiger partial charge is 0.236 e. The van der Waals surface area contributed by atoms with Gasteiger partial charge in [0.05, 0.1) is 19.6 Å². The standard InChI is InChI=1S/C24H19ClN2O3/c1-3-29-14-27-24-20(13-26)22(15-8-10-16(28-2)11-9-15)19-12-21(25)17-6-4-5-7-18(17)23(19)30-24/h4-12,14,22H,3H2,1-2H3. The molecule has 0 aliphatic carbocycles. The molecule has 0 spiro atoms. The van der Waals surface area contributed by atoms with Gasteiger partial charge in [0.25, 0.3) is 0 Å². The van der Waals surface area contributed by atoms with Crippen molar-refractivity contribution in [2.24, 2.45) is 4.99 Å². The van der Waals surface area contributed by atoms with Crippen molar-refractivity contribution >= 4 is 28.8 Å². The first-order chi connectivity index (χ1) is 14.7. The molecule has 1 aliphatic heterocycles. The third kappa shape index (κ3) is 3.47. The number of nitriles is 1. The number of benzene rings is 3. The van der Waals surface area contributed by atoms with Gasteiger partial charge in [-0.05, 0) is 30.7 Å². The molecule has 0 amide bonds. The van der Waals surface area contributed by atoms with E-state index < -0.39 is 0 Å². The van der Waals surface area contributed by atoms with Crippen LogP contribution in [0.4, 0.5) is 0 Å². The quantitative estimate of drug-likeness (QED) is 0.386. The fourth-order valence-electron chi connectivity index (χ4n) is 3.59. The first-order valence-corrected chi connectivity index (χ1v) is 9.87. The van der Waals surface area contributed by atoms with E-state index in [1.807, 2.05) is 61.5 Å². The van der Waals surface area contributed by atoms with E-state index in [0.29, 0.717) is 23.0 Å². The van der Waals surface area contributed by atoms with Gasteiger partial charge in [0, 0.05) is 21.4 Å². The third-order valence-electron chi connectivity index (χ3n) is 4.98. The second-order valence-corrected chi connectivity index (χ2v) is 7.06. The van der Waals surface area contributed by atoms with E-state index in [4.69, 9.17) is 25.8 Å². The lowest BCUT2D eigenvalue weighted by Gasteiger charge is -2.28. The number of halogens is 1. The predicted octanol–water partition coefficient (Wildman–Crippen LogP) is 5.83. The van der Waals surface area contributed by atoms with E-state index >= 15 is 0 Å². The number of rotatable bonds is 5. The molecule has 4 rings (SSSR count). The number of hydrogen-bond acceptors (Lipinski definition) is 5. The van der Waals surface area contributed by atoms with Gasteiger partial charge >= 0.3 is 0 Å². The fourth-order valence-corrected chi connectivity index (χ4v) is 3.88. The Morgan fingerprint density at radius 2 is 1.90 bits per heavy atom. The molecule has 0 saturated carbocycles. The van der Waals surface area contributed by atoms with Crippen molar-refractivity contribution in [1.29, 1.82) is 5.26 Å². The molecule has 1 aliphatic rings. The highest BCUT2D eigenvalue weighted by atomic mass is 35.5. The zero-order valence-electron chi connectivity index (χ0n) is 16.6. The van der Waals surface area contributed by atoms with E-state index in [1.54, 1.807) is 7.11 Å². The van der Waals surface area contributed by atoms with Crippen LogP contribution < -0.4 is 9.47 Å². The van der Waals surface area contributed by atoms with Gasteiger partial charge in [-0.3, -0.25) is 0 Å². The molecule has 1 atom stereocenters. The third-order valence-corrected chi connectivity index (χ3v) is 5.30. The number of fused-ring (bicyclic) bond motifs is 3. The summed E-state index contributed by atoms with van der Waals surface area (Å²) in [5.41, 5.74) is 2.11. The summed E-state index contributed by atoms with van der Waals surface area (Å²) in [5, 5.41) is 12.3. The van der Waals surface area contributed by atoms with Crippen molar-refractivity contribution in [3.63, 3.8) is 0 Å². The molecule has 150 valence electrons. The van der Waals surface area contributed by atoms with Gasteiger partial charge < -0.3 is 14.2 Å². The summed E-state index contributed by atoms with van der Waals surface area (Å²) in [6.45, 7) is 2.33. The summed E-state index contributed by atoms with van der Waals surface area (Å²) < 4.78 is 16.7. The maximum Gasteiger partial charge on any atom is 0.236 e. The summed E-state index contributed by atoms with van der Waals surface area (Å²) >= 11 is 6.60. The highest BCUT2D eigenvalue weighted by Gasteiger charge is 2.33. The number of allylic oxidation sites excluding steroid dienone is 1. The topological polar surface area (TPSA) is 63.8 Å². The van der Waals surface area contributed by atoms with Gasteiger partial charge in [-0.15, -0.1) is 0 Å². The summed E-state index contributed by atoms with van der Waals surface area (Å²) in [7, 11) is 1.62. The van der Waals surface area contributed by atoms with Crippen LogP contribution >= 0.6 is 11.6 Å². The van der Waals surface area contributed by atoms with Crippen LogP contribution in [-0.4, -0.2) is 20.1 Å². The SMILES string of the molecule is CCOC=NC1=C(C#N)C(c2ccc(OC)cc2)c2cc(Cl)c3ccccc3c2O1. The number of nitrogens with zero attached hydrogens (tertiary/aromatic N) is 2. The first-order valence-electron chi connectivity index (χ1n) is 9.49. The Bertz CT molecular complexity index is 1190. The average Bonchev–Trinajstić information content (AvgIpc) is 2.79. The summed E-state index contributed by atoms with van der Waals surface area (Å²) in [6.07, 6.45) is 1.31. The van der Waals surface area contributed by atoms with Crippen molar-refractivity contribution in [3.05, 3.63) is 82.2 Å². The lowest BCUT2D eigenvalue weighted by atomic mass is 9.82. The largest absolute Gasteiger partial charge is 0.497 e. The zero-order chi connectivity index (χ0) is 21.1. The Morgan fingerprint density at radius 3 is 2.57 bits per heavy atom. The van der Waals surface area contributed by atoms with Gasteiger partial charge in [-0.1, -0.05) is 48.0 Å². The molecule has 30 heavy (non-hydrogen) atoms. The van der Waals surface area contributed by atoms with E-state index in [2.05, 4.69) is 11.1 Å². The molecule has 1 unspecified atom stereocenters. The first kappa shape index (κ1) is 19.8. The molecule has 0 N–H and O–H groups in total. The molecular weight excluding hydrogens is 400 g/mol. The molecule has 5 nitrogen and oxygen atoms in total. The summed E-state index contributed by atoms with van der Waals surface area (Å²) in [5.74, 6) is 1.20. The van der Waals surface area contributed by atoms with E-state index in [0.717, 1.165) is 27.6 Å². The molecule has 3 aromatic carbocycles. The predicted molar refractivity (Wildman–Crippen MR) is 117 cm³/mol. The van der Waals surface area contributed by atoms with E-state index in [-0.39, 0.29) is 11.8 Å². The van der Waals surface area contributed by atoms with Gasteiger partial charge in [0.15, 0.2) is 6.40 Å². The molecular formula is C24H19ClN2O3. The minimum absolute atomic E-state index is 0.215. The van der Waals surface area contributed by atoms with E-state index in [1.165, 1.54) is 6.40 Å². The number of hydrogen-bond donors (Lipinski definition) is 0. The average molecular weight is 419 g/mol. The normalized spacial score (nSPS) is 15.6. The van der Waals surface area contributed by atoms with Crippen molar-refractivity contribution in [2.45, 2.75) is 12.8 Å². The van der Waals surface area contributed by atoms with Crippen LogP contribution in [0.1, 0.15) is 24.0 Å². The van der Waals surface area contributed by atoms with Gasteiger partial charge in [-0.2, -0.15) is 10.3 Å². The highest BCUT2D eigenvalue weighted by molar-refractivity contribution is 6.36. The Kier molecular flexibility index (Phi) is 5.60. The molecule has 0 aromatic heterocycles. The molecule has 1 heterocycles. The fraction of sp³-hybridized carbons (Fsp3) is 0.167. The van der Waals surface area contributed by atoms with Crippen LogP contribution in [0.25, 0.3) is 10.8 Å². The summed E-state index contributed by atoms with van der Waals surface area (Å²) in [4.78, 5) is 4.29. The van der Waals surface area contributed by atoms with Crippen LogP contribution in [0.5, 0.6) is 11.5 Å². The van der Waals surface area contributed by atoms with Crippen molar-refractivity contribution < 1.29 is 14.2 Å².